The Morgan fingerprint density at radius 2 is 1.53 bits per heavy atom. The second-order valence-electron chi connectivity index (χ2n) is 2.88. The minimum Gasteiger partial charge on any atom is -0.393 e. The van der Waals surface area contributed by atoms with E-state index in [-0.39, 0.29) is 18.0 Å². The smallest absolute Gasteiger partial charge is 0.393 e. The van der Waals surface area contributed by atoms with E-state index in [2.05, 4.69) is 0 Å². The fraction of sp³-hybridized carbons (Fsp3) is 0.333. The Bertz CT molecular complexity index is 302. The second-order valence-corrected chi connectivity index (χ2v) is 2.88. The highest BCUT2D eigenvalue weighted by molar-refractivity contribution is 5.85. The summed E-state index contributed by atoms with van der Waals surface area (Å²) >= 11 is 0. The quantitative estimate of drug-likeness (QED) is 0.831. The monoisotopic (exact) mass is 242 g/mol. The van der Waals surface area contributed by atoms with Crippen LogP contribution in [0.25, 0.3) is 0 Å². The third-order valence-electron chi connectivity index (χ3n) is 1.95. The summed E-state index contributed by atoms with van der Waals surface area (Å²) in [5, 5.41) is 17.9. The molecule has 2 N–H and O–H groups in total. The summed E-state index contributed by atoms with van der Waals surface area (Å²) in [6.07, 6.45) is -4.89. The van der Waals surface area contributed by atoms with E-state index in [1.165, 1.54) is 18.2 Å². The molecule has 0 amide bonds. The van der Waals surface area contributed by atoms with Crippen molar-refractivity contribution in [3.63, 3.8) is 0 Å². The molecule has 0 saturated carbocycles. The maximum absolute atomic E-state index is 12.4. The number of rotatable bonds is 2. The van der Waals surface area contributed by atoms with Crippen molar-refractivity contribution in [1.29, 1.82) is 0 Å². The molecule has 15 heavy (non-hydrogen) atoms. The fourth-order valence-corrected chi connectivity index (χ4v) is 1.06. The average Bonchev–Trinajstić information content (AvgIpc) is 2.16. The Morgan fingerprint density at radius 3 is 1.87 bits per heavy atom. The second kappa shape index (κ2) is 4.83. The Labute approximate surface area is 90.8 Å². The van der Waals surface area contributed by atoms with E-state index in [1.54, 1.807) is 0 Å². The topological polar surface area (TPSA) is 40.5 Å². The molecular weight excluding hydrogens is 233 g/mol. The predicted molar refractivity (Wildman–Crippen MR) is 50.7 cm³/mol. The normalized spacial score (nSPS) is 15.3. The van der Waals surface area contributed by atoms with E-state index in [0.29, 0.717) is 0 Å². The van der Waals surface area contributed by atoms with Gasteiger partial charge in [-0.05, 0) is 5.56 Å². The molecule has 86 valence electrons. The summed E-state index contributed by atoms with van der Waals surface area (Å²) in [4.78, 5) is 0. The van der Waals surface area contributed by atoms with Gasteiger partial charge in [0.1, 0.15) is 0 Å². The molecular formula is C9H10ClF3O2. The van der Waals surface area contributed by atoms with Gasteiger partial charge in [0.05, 0.1) is 6.61 Å². The number of benzene rings is 1. The van der Waals surface area contributed by atoms with Crippen LogP contribution < -0.4 is 0 Å². The molecule has 0 saturated heterocycles. The first-order valence-electron chi connectivity index (χ1n) is 3.87. The van der Waals surface area contributed by atoms with Gasteiger partial charge in [0.25, 0.3) is 0 Å². The number of alkyl halides is 3. The maximum atomic E-state index is 12.4. The molecule has 0 aliphatic rings. The van der Waals surface area contributed by atoms with E-state index < -0.39 is 18.4 Å². The minimum absolute atomic E-state index is 0. The van der Waals surface area contributed by atoms with Crippen LogP contribution in [0, 0.1) is 0 Å². The maximum Gasteiger partial charge on any atom is 0.423 e. The van der Waals surface area contributed by atoms with E-state index in [0.717, 1.165) is 12.1 Å². The number of aliphatic hydroxyl groups is 2. The molecule has 1 rings (SSSR count). The molecule has 0 aliphatic carbocycles. The van der Waals surface area contributed by atoms with Gasteiger partial charge in [-0.1, -0.05) is 30.3 Å². The Hall–Kier alpha value is -0.780. The van der Waals surface area contributed by atoms with Gasteiger partial charge in [0, 0.05) is 0 Å². The highest BCUT2D eigenvalue weighted by Gasteiger charge is 2.54. The van der Waals surface area contributed by atoms with Crippen LogP contribution in [0.1, 0.15) is 5.56 Å². The average molecular weight is 243 g/mol. The van der Waals surface area contributed by atoms with Crippen molar-refractivity contribution in [3.8, 4) is 0 Å². The molecule has 6 heteroatoms. The zero-order valence-electron chi connectivity index (χ0n) is 7.53. The molecule has 0 heterocycles. The SMILES string of the molecule is Cl.OC[C@@](O)(c1ccccc1)C(F)(F)F. The van der Waals surface area contributed by atoms with Crippen molar-refractivity contribution < 1.29 is 23.4 Å². The van der Waals surface area contributed by atoms with Crippen LogP contribution >= 0.6 is 12.4 Å². The van der Waals surface area contributed by atoms with Crippen molar-refractivity contribution in [3.05, 3.63) is 35.9 Å². The summed E-state index contributed by atoms with van der Waals surface area (Å²) in [6, 6.07) is 6.48. The summed E-state index contributed by atoms with van der Waals surface area (Å²) < 4.78 is 37.1. The standard InChI is InChI=1S/C9H9F3O2.ClH/c10-9(11,12)8(14,6-13)7-4-2-1-3-5-7;/h1-5,13-14H,6H2;1H/t8-;/m1./s1. The molecule has 0 unspecified atom stereocenters. The largest absolute Gasteiger partial charge is 0.423 e. The summed E-state index contributed by atoms with van der Waals surface area (Å²) in [6.45, 7) is -1.39. The van der Waals surface area contributed by atoms with Crippen LogP contribution in [-0.2, 0) is 5.60 Å². The number of halogens is 4. The molecule has 2 nitrogen and oxygen atoms in total. The molecule has 0 aliphatic heterocycles. The highest BCUT2D eigenvalue weighted by Crippen LogP contribution is 2.38. The third-order valence-corrected chi connectivity index (χ3v) is 1.95. The van der Waals surface area contributed by atoms with Gasteiger partial charge >= 0.3 is 6.18 Å². The molecule has 0 spiro atoms. The molecule has 1 aromatic rings. The Kier molecular flexibility index (Phi) is 4.58. The van der Waals surface area contributed by atoms with Gasteiger partial charge < -0.3 is 10.2 Å². The zero-order chi connectivity index (χ0) is 10.8. The van der Waals surface area contributed by atoms with Crippen molar-refractivity contribution in [2.24, 2.45) is 0 Å². The molecule has 0 aromatic heterocycles. The van der Waals surface area contributed by atoms with Crippen molar-refractivity contribution >= 4 is 12.4 Å². The summed E-state index contributed by atoms with van der Waals surface area (Å²) in [5.74, 6) is 0. The molecule has 0 fully saturated rings. The van der Waals surface area contributed by atoms with Crippen molar-refractivity contribution in [2.45, 2.75) is 11.8 Å². The van der Waals surface area contributed by atoms with Crippen LogP contribution in [0.4, 0.5) is 13.2 Å². The number of hydrogen-bond donors (Lipinski definition) is 2. The van der Waals surface area contributed by atoms with Gasteiger partial charge in [-0.2, -0.15) is 13.2 Å². The van der Waals surface area contributed by atoms with Gasteiger partial charge in [0.15, 0.2) is 0 Å². The Morgan fingerprint density at radius 1 is 1.07 bits per heavy atom. The molecule has 1 aromatic carbocycles. The van der Waals surface area contributed by atoms with Crippen LogP contribution in [0.15, 0.2) is 30.3 Å². The first kappa shape index (κ1) is 14.2. The van der Waals surface area contributed by atoms with E-state index >= 15 is 0 Å². The first-order chi connectivity index (χ1) is 6.42. The fourth-order valence-electron chi connectivity index (χ4n) is 1.06. The number of hydrogen-bond acceptors (Lipinski definition) is 2. The summed E-state index contributed by atoms with van der Waals surface area (Å²) in [5.41, 5.74) is -3.54. The van der Waals surface area contributed by atoms with Gasteiger partial charge in [-0.15, -0.1) is 12.4 Å². The minimum atomic E-state index is -4.89. The van der Waals surface area contributed by atoms with Crippen molar-refractivity contribution in [2.75, 3.05) is 6.61 Å². The third kappa shape index (κ3) is 2.62. The van der Waals surface area contributed by atoms with Crippen LogP contribution in [0.3, 0.4) is 0 Å². The van der Waals surface area contributed by atoms with Crippen LogP contribution in [-0.4, -0.2) is 23.0 Å². The zero-order valence-corrected chi connectivity index (χ0v) is 8.35. The number of aliphatic hydroxyl groups excluding tert-OH is 1. The lowest BCUT2D eigenvalue weighted by atomic mass is 9.94. The lowest BCUT2D eigenvalue weighted by Gasteiger charge is -2.28. The lowest BCUT2D eigenvalue weighted by molar-refractivity contribution is -0.277. The van der Waals surface area contributed by atoms with Gasteiger partial charge in [-0.3, -0.25) is 0 Å². The Balaban J connectivity index is 0.00000196. The van der Waals surface area contributed by atoms with E-state index in [4.69, 9.17) is 5.11 Å². The first-order valence-corrected chi connectivity index (χ1v) is 3.87. The van der Waals surface area contributed by atoms with E-state index in [9.17, 15) is 18.3 Å². The lowest BCUT2D eigenvalue weighted by Crippen LogP contribution is -2.45. The van der Waals surface area contributed by atoms with Crippen LogP contribution in [0.2, 0.25) is 0 Å². The van der Waals surface area contributed by atoms with E-state index in [1.807, 2.05) is 0 Å². The highest BCUT2D eigenvalue weighted by atomic mass is 35.5. The van der Waals surface area contributed by atoms with Gasteiger partial charge in [0.2, 0.25) is 5.60 Å². The molecule has 0 bridgehead atoms. The van der Waals surface area contributed by atoms with Gasteiger partial charge in [-0.25, -0.2) is 0 Å². The summed E-state index contributed by atoms with van der Waals surface area (Å²) in [7, 11) is 0. The van der Waals surface area contributed by atoms with Crippen LogP contribution in [0.5, 0.6) is 0 Å². The molecule has 1 atom stereocenters. The predicted octanol–water partition coefficient (Wildman–Crippen LogP) is 1.85. The molecule has 0 radical (unpaired) electrons. The van der Waals surface area contributed by atoms with Crippen molar-refractivity contribution in [1.82, 2.24) is 0 Å².